The summed E-state index contributed by atoms with van der Waals surface area (Å²) in [6, 6.07) is 6.51. The standard InChI is InChI=1S/C17H21ClO/c18-12-16(14-4-2-1-3-5-14)11-13-6-7-17-15(10-13)8-9-19-17/h6-7,10-11,14H,1-5,8-9,12H2. The van der Waals surface area contributed by atoms with Gasteiger partial charge in [-0.2, -0.15) is 0 Å². The van der Waals surface area contributed by atoms with E-state index in [4.69, 9.17) is 16.3 Å². The van der Waals surface area contributed by atoms with Gasteiger partial charge in [0.05, 0.1) is 6.61 Å². The second-order valence-electron chi connectivity index (χ2n) is 5.65. The Labute approximate surface area is 120 Å². The summed E-state index contributed by atoms with van der Waals surface area (Å²) in [4.78, 5) is 0. The lowest BCUT2D eigenvalue weighted by atomic mass is 9.83. The Bertz CT molecular complexity index is 472. The first-order valence-electron chi connectivity index (χ1n) is 7.39. The van der Waals surface area contributed by atoms with E-state index in [1.54, 1.807) is 0 Å². The molecule has 3 rings (SSSR count). The monoisotopic (exact) mass is 276 g/mol. The van der Waals surface area contributed by atoms with Crippen LogP contribution in [0.3, 0.4) is 0 Å². The molecule has 1 aliphatic heterocycles. The first kappa shape index (κ1) is 13.1. The number of fused-ring (bicyclic) bond motifs is 1. The van der Waals surface area contributed by atoms with Crippen molar-refractivity contribution in [1.82, 2.24) is 0 Å². The predicted octanol–water partition coefficient (Wildman–Crippen LogP) is 4.82. The average Bonchev–Trinajstić information content (AvgIpc) is 2.93. The molecule has 0 unspecified atom stereocenters. The number of hydrogen-bond acceptors (Lipinski definition) is 1. The molecule has 1 aliphatic carbocycles. The summed E-state index contributed by atoms with van der Waals surface area (Å²) in [6.07, 6.45) is 10.1. The fourth-order valence-corrected chi connectivity index (χ4v) is 3.54. The first-order valence-corrected chi connectivity index (χ1v) is 7.92. The van der Waals surface area contributed by atoms with Crippen LogP contribution in [0.15, 0.2) is 23.8 Å². The van der Waals surface area contributed by atoms with Crippen LogP contribution < -0.4 is 4.74 Å². The number of rotatable bonds is 3. The van der Waals surface area contributed by atoms with Crippen molar-refractivity contribution in [2.75, 3.05) is 12.5 Å². The van der Waals surface area contributed by atoms with Gasteiger partial charge in [-0.05, 0) is 42.0 Å². The molecular weight excluding hydrogens is 256 g/mol. The van der Waals surface area contributed by atoms with Gasteiger partial charge in [0.15, 0.2) is 0 Å². The van der Waals surface area contributed by atoms with Crippen molar-refractivity contribution in [3.63, 3.8) is 0 Å². The topological polar surface area (TPSA) is 9.23 Å². The minimum absolute atomic E-state index is 0.665. The number of allylic oxidation sites excluding steroid dienone is 1. The predicted molar refractivity (Wildman–Crippen MR) is 80.9 cm³/mol. The Hall–Kier alpha value is -0.950. The maximum absolute atomic E-state index is 6.18. The van der Waals surface area contributed by atoms with Gasteiger partial charge in [0.25, 0.3) is 0 Å². The molecule has 1 saturated carbocycles. The molecule has 1 aromatic rings. The van der Waals surface area contributed by atoms with Gasteiger partial charge in [0.1, 0.15) is 5.75 Å². The zero-order valence-corrected chi connectivity index (χ0v) is 12.1. The third kappa shape index (κ3) is 2.97. The number of hydrogen-bond donors (Lipinski definition) is 0. The maximum atomic E-state index is 6.18. The van der Waals surface area contributed by atoms with Crippen molar-refractivity contribution >= 4 is 17.7 Å². The fourth-order valence-electron chi connectivity index (χ4n) is 3.25. The highest BCUT2D eigenvalue weighted by molar-refractivity contribution is 6.19. The van der Waals surface area contributed by atoms with Crippen molar-refractivity contribution in [1.29, 1.82) is 0 Å². The Morgan fingerprint density at radius 2 is 2.11 bits per heavy atom. The van der Waals surface area contributed by atoms with E-state index in [2.05, 4.69) is 24.3 Å². The highest BCUT2D eigenvalue weighted by atomic mass is 35.5. The number of alkyl halides is 1. The van der Waals surface area contributed by atoms with Crippen LogP contribution in [0.1, 0.15) is 43.2 Å². The normalized spacial score (nSPS) is 20.2. The summed E-state index contributed by atoms with van der Waals surface area (Å²) >= 11 is 6.18. The molecule has 0 N–H and O–H groups in total. The van der Waals surface area contributed by atoms with Crippen molar-refractivity contribution in [3.8, 4) is 5.75 Å². The number of benzene rings is 1. The molecule has 1 fully saturated rings. The summed E-state index contributed by atoms with van der Waals surface area (Å²) in [5.41, 5.74) is 4.04. The van der Waals surface area contributed by atoms with Crippen LogP contribution >= 0.6 is 11.6 Å². The van der Waals surface area contributed by atoms with Crippen molar-refractivity contribution < 1.29 is 4.74 Å². The van der Waals surface area contributed by atoms with E-state index in [-0.39, 0.29) is 0 Å². The summed E-state index contributed by atoms with van der Waals surface area (Å²) in [5, 5.41) is 0. The molecule has 19 heavy (non-hydrogen) atoms. The molecule has 1 heterocycles. The molecule has 1 aromatic carbocycles. The third-order valence-corrected chi connectivity index (χ3v) is 4.66. The fraction of sp³-hybridized carbons (Fsp3) is 0.529. The highest BCUT2D eigenvalue weighted by Crippen LogP contribution is 2.32. The van der Waals surface area contributed by atoms with E-state index in [1.165, 1.54) is 48.8 Å². The van der Waals surface area contributed by atoms with Gasteiger partial charge in [0.2, 0.25) is 0 Å². The van der Waals surface area contributed by atoms with Crippen LogP contribution in [0.4, 0.5) is 0 Å². The Morgan fingerprint density at radius 1 is 1.26 bits per heavy atom. The SMILES string of the molecule is ClCC(=Cc1ccc2c(c1)CCO2)C1CCCCC1. The van der Waals surface area contributed by atoms with Crippen LogP contribution in [0.25, 0.3) is 6.08 Å². The Balaban J connectivity index is 1.81. The van der Waals surface area contributed by atoms with Crippen LogP contribution in [-0.2, 0) is 6.42 Å². The van der Waals surface area contributed by atoms with Gasteiger partial charge >= 0.3 is 0 Å². The van der Waals surface area contributed by atoms with Gasteiger partial charge in [-0.25, -0.2) is 0 Å². The minimum Gasteiger partial charge on any atom is -0.493 e. The van der Waals surface area contributed by atoms with E-state index >= 15 is 0 Å². The number of halogens is 1. The van der Waals surface area contributed by atoms with Crippen LogP contribution in [0.2, 0.25) is 0 Å². The molecular formula is C17H21ClO. The summed E-state index contributed by atoms with van der Waals surface area (Å²) in [5.74, 6) is 2.43. The lowest BCUT2D eigenvalue weighted by Gasteiger charge is -2.23. The summed E-state index contributed by atoms with van der Waals surface area (Å²) in [7, 11) is 0. The molecule has 0 aromatic heterocycles. The highest BCUT2D eigenvalue weighted by Gasteiger charge is 2.17. The summed E-state index contributed by atoms with van der Waals surface area (Å²) in [6.45, 7) is 0.827. The molecule has 102 valence electrons. The molecule has 0 radical (unpaired) electrons. The zero-order valence-electron chi connectivity index (χ0n) is 11.3. The van der Waals surface area contributed by atoms with Crippen molar-refractivity contribution in [2.45, 2.75) is 38.5 Å². The molecule has 0 atom stereocenters. The summed E-state index contributed by atoms with van der Waals surface area (Å²) < 4.78 is 5.55. The largest absolute Gasteiger partial charge is 0.493 e. The molecule has 0 bridgehead atoms. The smallest absolute Gasteiger partial charge is 0.122 e. The van der Waals surface area contributed by atoms with Crippen molar-refractivity contribution in [3.05, 3.63) is 34.9 Å². The van der Waals surface area contributed by atoms with E-state index in [9.17, 15) is 0 Å². The maximum Gasteiger partial charge on any atom is 0.122 e. The number of ether oxygens (including phenoxy) is 1. The van der Waals surface area contributed by atoms with Crippen LogP contribution in [0, 0.1) is 5.92 Å². The average molecular weight is 277 g/mol. The minimum atomic E-state index is 0.665. The van der Waals surface area contributed by atoms with Crippen LogP contribution in [0.5, 0.6) is 5.75 Å². The second kappa shape index (κ2) is 6.00. The lowest BCUT2D eigenvalue weighted by molar-refractivity contribution is 0.357. The Kier molecular flexibility index (Phi) is 4.12. The van der Waals surface area contributed by atoms with E-state index in [0.717, 1.165) is 18.8 Å². The van der Waals surface area contributed by atoms with Gasteiger partial charge in [-0.3, -0.25) is 0 Å². The van der Waals surface area contributed by atoms with Gasteiger partial charge in [-0.15, -0.1) is 11.6 Å². The molecule has 0 saturated heterocycles. The lowest BCUT2D eigenvalue weighted by Crippen LogP contribution is -2.10. The zero-order chi connectivity index (χ0) is 13.1. The van der Waals surface area contributed by atoms with E-state index in [1.807, 2.05) is 0 Å². The van der Waals surface area contributed by atoms with E-state index in [0.29, 0.717) is 11.8 Å². The second-order valence-corrected chi connectivity index (χ2v) is 5.92. The van der Waals surface area contributed by atoms with E-state index < -0.39 is 0 Å². The molecule has 2 aliphatic rings. The van der Waals surface area contributed by atoms with Gasteiger partial charge < -0.3 is 4.74 Å². The molecule has 0 spiro atoms. The van der Waals surface area contributed by atoms with Crippen LogP contribution in [-0.4, -0.2) is 12.5 Å². The quantitative estimate of drug-likeness (QED) is 0.719. The molecule has 0 amide bonds. The first-order chi connectivity index (χ1) is 9.36. The van der Waals surface area contributed by atoms with Crippen molar-refractivity contribution in [2.24, 2.45) is 5.92 Å². The molecule has 2 heteroatoms. The van der Waals surface area contributed by atoms with Gasteiger partial charge in [-0.1, -0.05) is 37.0 Å². The third-order valence-electron chi connectivity index (χ3n) is 4.35. The molecule has 1 nitrogen and oxygen atoms in total. The van der Waals surface area contributed by atoms with Gasteiger partial charge in [0, 0.05) is 12.3 Å². The Morgan fingerprint density at radius 3 is 2.89 bits per heavy atom.